The zero-order valence-electron chi connectivity index (χ0n) is 19.1. The van der Waals surface area contributed by atoms with Gasteiger partial charge in [-0.05, 0) is 42.5 Å². The molecule has 3 aromatic carbocycles. The van der Waals surface area contributed by atoms with E-state index in [1.807, 2.05) is 47.0 Å². The fourth-order valence-corrected chi connectivity index (χ4v) is 4.01. The molecule has 2 N–H and O–H groups in total. The third-order valence-electron chi connectivity index (χ3n) is 4.95. The monoisotopic (exact) mass is 489 g/mol. The van der Waals surface area contributed by atoms with Crippen molar-refractivity contribution < 1.29 is 19.4 Å². The van der Waals surface area contributed by atoms with Crippen molar-refractivity contribution in [1.29, 1.82) is 0 Å². The second kappa shape index (κ2) is 11.2. The Kier molecular flexibility index (Phi) is 7.63. The van der Waals surface area contributed by atoms with Gasteiger partial charge >= 0.3 is 0 Å². The zero-order valence-corrected chi connectivity index (χ0v) is 19.9. The number of phenolic OH excluding ortho intramolecular Hbond substituents is 1. The number of aromatic hydroxyl groups is 1. The van der Waals surface area contributed by atoms with Crippen molar-refractivity contribution in [2.75, 3.05) is 20.0 Å². The Bertz CT molecular complexity index is 1340. The molecule has 0 saturated heterocycles. The molecule has 4 aromatic rings. The largest absolute Gasteiger partial charge is 0.507 e. The van der Waals surface area contributed by atoms with Crippen LogP contribution in [-0.4, -0.2) is 52.0 Å². The molecule has 0 saturated carbocycles. The Morgan fingerprint density at radius 2 is 1.77 bits per heavy atom. The number of thioether (sulfide) groups is 1. The van der Waals surface area contributed by atoms with Gasteiger partial charge in [-0.1, -0.05) is 42.1 Å². The number of carbonyl (C=O) groups is 1. The van der Waals surface area contributed by atoms with Crippen molar-refractivity contribution in [3.05, 3.63) is 78.4 Å². The third kappa shape index (κ3) is 5.61. The molecular formula is C25H23N5O4S. The fraction of sp³-hybridized carbons (Fsp3) is 0.120. The minimum atomic E-state index is -0.322. The normalized spacial score (nSPS) is 10.9. The molecule has 9 nitrogen and oxygen atoms in total. The number of benzene rings is 3. The van der Waals surface area contributed by atoms with Gasteiger partial charge in [-0.3, -0.25) is 9.36 Å². The van der Waals surface area contributed by atoms with Gasteiger partial charge in [0.2, 0.25) is 0 Å². The van der Waals surface area contributed by atoms with Crippen molar-refractivity contribution in [1.82, 2.24) is 20.2 Å². The van der Waals surface area contributed by atoms with Crippen molar-refractivity contribution in [3.63, 3.8) is 0 Å². The first-order valence-electron chi connectivity index (χ1n) is 10.6. The van der Waals surface area contributed by atoms with Crippen LogP contribution >= 0.6 is 11.8 Å². The number of ether oxygens (including phenoxy) is 2. The first-order valence-corrected chi connectivity index (χ1v) is 11.5. The number of carbonyl (C=O) groups excluding carboxylic acids is 1. The number of aromatic nitrogens is 3. The third-order valence-corrected chi connectivity index (χ3v) is 5.88. The number of nitrogens with one attached hydrogen (secondary N) is 1. The summed E-state index contributed by atoms with van der Waals surface area (Å²) in [5.41, 5.74) is 4.60. The smallest absolute Gasteiger partial charge is 0.250 e. The van der Waals surface area contributed by atoms with Gasteiger partial charge in [0.05, 0.1) is 26.2 Å². The number of hydrazone groups is 1. The lowest BCUT2D eigenvalue weighted by Crippen LogP contribution is -2.20. The summed E-state index contributed by atoms with van der Waals surface area (Å²) < 4.78 is 12.7. The molecular weight excluding hydrogens is 466 g/mol. The van der Waals surface area contributed by atoms with Gasteiger partial charge in [0, 0.05) is 16.8 Å². The molecule has 0 aliphatic carbocycles. The first-order chi connectivity index (χ1) is 17.1. The fourth-order valence-electron chi connectivity index (χ4n) is 3.27. The van der Waals surface area contributed by atoms with E-state index in [0.717, 1.165) is 11.3 Å². The highest BCUT2D eigenvalue weighted by Crippen LogP contribution is 2.34. The standard InChI is InChI=1S/C25H23N5O4S/c1-33-21-13-12-17(14-22(21)34-2)24-28-29-25(30(24)19-9-4-3-5-10-19)35-16-23(32)27-26-15-18-8-6-7-11-20(18)31/h3-15,31H,16H2,1-2H3,(H,27,32)/b26-15+. The minimum Gasteiger partial charge on any atom is -0.507 e. The van der Waals surface area contributed by atoms with Crippen LogP contribution in [0.15, 0.2) is 83.1 Å². The summed E-state index contributed by atoms with van der Waals surface area (Å²) in [4.78, 5) is 12.4. The number of nitrogens with zero attached hydrogens (tertiary/aromatic N) is 4. The van der Waals surface area contributed by atoms with Crippen molar-refractivity contribution in [2.24, 2.45) is 5.10 Å². The lowest BCUT2D eigenvalue weighted by molar-refractivity contribution is -0.118. The first kappa shape index (κ1) is 23.8. The molecule has 4 rings (SSSR count). The van der Waals surface area contributed by atoms with Gasteiger partial charge in [-0.2, -0.15) is 5.10 Å². The van der Waals surface area contributed by atoms with E-state index in [2.05, 4.69) is 20.7 Å². The van der Waals surface area contributed by atoms with Crippen LogP contribution in [-0.2, 0) is 4.79 Å². The summed E-state index contributed by atoms with van der Waals surface area (Å²) in [7, 11) is 3.15. The number of hydrogen-bond acceptors (Lipinski definition) is 8. The summed E-state index contributed by atoms with van der Waals surface area (Å²) in [6.07, 6.45) is 1.39. The van der Waals surface area contributed by atoms with E-state index in [-0.39, 0.29) is 17.4 Å². The lowest BCUT2D eigenvalue weighted by atomic mass is 10.2. The van der Waals surface area contributed by atoms with Crippen LogP contribution < -0.4 is 14.9 Å². The van der Waals surface area contributed by atoms with Gasteiger partial charge < -0.3 is 14.6 Å². The maximum atomic E-state index is 12.4. The Balaban J connectivity index is 1.55. The molecule has 1 aromatic heterocycles. The topological polar surface area (TPSA) is 111 Å². The van der Waals surface area contributed by atoms with E-state index in [1.54, 1.807) is 44.6 Å². The highest BCUT2D eigenvalue weighted by Gasteiger charge is 2.18. The zero-order chi connectivity index (χ0) is 24.6. The molecule has 0 atom stereocenters. The molecule has 0 aliphatic rings. The summed E-state index contributed by atoms with van der Waals surface area (Å²) in [5.74, 6) is 1.60. The molecule has 0 aliphatic heterocycles. The molecule has 178 valence electrons. The van der Waals surface area contributed by atoms with Gasteiger partial charge in [0.15, 0.2) is 22.5 Å². The Labute approximate surface area is 206 Å². The molecule has 0 bridgehead atoms. The molecule has 0 radical (unpaired) electrons. The van der Waals surface area contributed by atoms with E-state index in [0.29, 0.717) is 28.0 Å². The number of phenols is 1. The lowest BCUT2D eigenvalue weighted by Gasteiger charge is -2.12. The van der Waals surface area contributed by atoms with Crippen LogP contribution in [0.25, 0.3) is 17.1 Å². The van der Waals surface area contributed by atoms with Gasteiger partial charge in [0.1, 0.15) is 5.75 Å². The molecule has 10 heteroatoms. The molecule has 0 fully saturated rings. The number of hydrogen-bond donors (Lipinski definition) is 2. The van der Waals surface area contributed by atoms with Crippen LogP contribution in [0.3, 0.4) is 0 Å². The second-order valence-corrected chi connectivity index (χ2v) is 8.13. The van der Waals surface area contributed by atoms with Gasteiger partial charge in [0.25, 0.3) is 5.91 Å². The van der Waals surface area contributed by atoms with Crippen molar-refractivity contribution in [2.45, 2.75) is 5.16 Å². The van der Waals surface area contributed by atoms with Crippen LogP contribution in [0.1, 0.15) is 5.56 Å². The van der Waals surface area contributed by atoms with E-state index in [1.165, 1.54) is 18.0 Å². The van der Waals surface area contributed by atoms with Crippen LogP contribution in [0.4, 0.5) is 0 Å². The Morgan fingerprint density at radius 1 is 1.03 bits per heavy atom. The maximum absolute atomic E-state index is 12.4. The van der Waals surface area contributed by atoms with E-state index in [9.17, 15) is 9.90 Å². The summed E-state index contributed by atoms with van der Waals surface area (Å²) in [6, 6.07) is 21.9. The molecule has 1 heterocycles. The van der Waals surface area contributed by atoms with Crippen molar-refractivity contribution in [3.8, 4) is 34.3 Å². The second-order valence-electron chi connectivity index (χ2n) is 7.19. The molecule has 35 heavy (non-hydrogen) atoms. The summed E-state index contributed by atoms with van der Waals surface area (Å²) in [6.45, 7) is 0. The Morgan fingerprint density at radius 3 is 2.51 bits per heavy atom. The molecule has 0 spiro atoms. The van der Waals surface area contributed by atoms with Crippen LogP contribution in [0, 0.1) is 0 Å². The quantitative estimate of drug-likeness (QED) is 0.208. The number of para-hydroxylation sites is 2. The van der Waals surface area contributed by atoms with E-state index in [4.69, 9.17) is 9.47 Å². The predicted molar refractivity (Wildman–Crippen MR) is 134 cm³/mol. The summed E-state index contributed by atoms with van der Waals surface area (Å²) >= 11 is 1.23. The van der Waals surface area contributed by atoms with Crippen molar-refractivity contribution >= 4 is 23.9 Å². The number of methoxy groups -OCH3 is 2. The SMILES string of the molecule is COc1ccc(-c2nnc(SCC(=O)N/N=C/c3ccccc3O)n2-c2ccccc2)cc1OC. The van der Waals surface area contributed by atoms with E-state index >= 15 is 0 Å². The maximum Gasteiger partial charge on any atom is 0.250 e. The van der Waals surface area contributed by atoms with E-state index < -0.39 is 0 Å². The van der Waals surface area contributed by atoms with Crippen LogP contribution in [0.2, 0.25) is 0 Å². The van der Waals surface area contributed by atoms with Crippen LogP contribution in [0.5, 0.6) is 17.2 Å². The minimum absolute atomic E-state index is 0.0645. The number of amides is 1. The van der Waals surface area contributed by atoms with Gasteiger partial charge in [-0.25, -0.2) is 5.43 Å². The summed E-state index contributed by atoms with van der Waals surface area (Å²) in [5, 5.41) is 23.0. The highest BCUT2D eigenvalue weighted by atomic mass is 32.2. The number of rotatable bonds is 9. The molecule has 1 amide bonds. The predicted octanol–water partition coefficient (Wildman–Crippen LogP) is 3.90. The Hall–Kier alpha value is -4.31. The average molecular weight is 490 g/mol. The molecule has 0 unspecified atom stereocenters. The highest BCUT2D eigenvalue weighted by molar-refractivity contribution is 7.99. The average Bonchev–Trinajstić information content (AvgIpc) is 3.32. The van der Waals surface area contributed by atoms with Gasteiger partial charge in [-0.15, -0.1) is 10.2 Å².